The molecule has 0 saturated carbocycles. The van der Waals surface area contributed by atoms with E-state index in [1.54, 1.807) is 6.08 Å². The molecule has 7 heteroatoms. The van der Waals surface area contributed by atoms with E-state index in [1.165, 1.54) is 17.3 Å². The van der Waals surface area contributed by atoms with E-state index in [0.717, 1.165) is 24.4 Å². The number of benzene rings is 1. The average Bonchev–Trinajstić information content (AvgIpc) is 2.99. The zero-order valence-corrected chi connectivity index (χ0v) is 15.2. The molecule has 0 unspecified atom stereocenters. The molecule has 0 amide bonds. The maximum atomic E-state index is 10.7. The summed E-state index contributed by atoms with van der Waals surface area (Å²) in [5, 5.41) is 17.7. The van der Waals surface area contributed by atoms with Gasteiger partial charge >= 0.3 is 5.97 Å². The number of thioether (sulfide) groups is 1. The van der Waals surface area contributed by atoms with Crippen molar-refractivity contribution in [1.82, 2.24) is 14.8 Å². The van der Waals surface area contributed by atoms with Gasteiger partial charge in [-0.25, -0.2) is 0 Å². The smallest absolute Gasteiger partial charge is 0.313 e. The molecule has 0 bridgehead atoms. The van der Waals surface area contributed by atoms with Gasteiger partial charge in [0.25, 0.3) is 0 Å². The SMILES string of the molecule is C=CCn1c(CCCOc2ccc(CC)cc2)nnc1SCC(=O)O. The van der Waals surface area contributed by atoms with Crippen molar-refractivity contribution in [3.8, 4) is 5.75 Å². The molecular formula is C18H23N3O3S. The fourth-order valence-corrected chi connectivity index (χ4v) is 2.98. The van der Waals surface area contributed by atoms with Gasteiger partial charge in [-0.2, -0.15) is 0 Å². The minimum absolute atomic E-state index is 0.0356. The van der Waals surface area contributed by atoms with Crippen molar-refractivity contribution in [3.05, 3.63) is 48.3 Å². The molecule has 1 N–H and O–H groups in total. The Bertz CT molecular complexity index is 698. The second-order valence-electron chi connectivity index (χ2n) is 5.43. The predicted molar refractivity (Wildman–Crippen MR) is 98.2 cm³/mol. The third-order valence-corrected chi connectivity index (χ3v) is 4.53. The first-order valence-corrected chi connectivity index (χ1v) is 9.22. The quantitative estimate of drug-likeness (QED) is 0.376. The highest BCUT2D eigenvalue weighted by molar-refractivity contribution is 7.99. The number of nitrogens with zero attached hydrogens (tertiary/aromatic N) is 3. The number of carboxylic acids is 1. The largest absolute Gasteiger partial charge is 0.494 e. The molecule has 0 fully saturated rings. The zero-order chi connectivity index (χ0) is 18.1. The van der Waals surface area contributed by atoms with Crippen LogP contribution in [0.4, 0.5) is 0 Å². The van der Waals surface area contributed by atoms with Crippen LogP contribution in [0.3, 0.4) is 0 Å². The minimum Gasteiger partial charge on any atom is -0.494 e. The van der Waals surface area contributed by atoms with Crippen LogP contribution in [-0.4, -0.2) is 38.2 Å². The Labute approximate surface area is 151 Å². The molecule has 1 aromatic heterocycles. The van der Waals surface area contributed by atoms with E-state index in [-0.39, 0.29) is 5.75 Å². The third kappa shape index (κ3) is 5.94. The molecule has 134 valence electrons. The molecule has 0 saturated heterocycles. The van der Waals surface area contributed by atoms with Crippen LogP contribution in [0.2, 0.25) is 0 Å². The molecule has 2 rings (SSSR count). The average molecular weight is 361 g/mol. The highest BCUT2D eigenvalue weighted by atomic mass is 32.2. The second kappa shape index (κ2) is 9.88. The summed E-state index contributed by atoms with van der Waals surface area (Å²) in [4.78, 5) is 10.7. The van der Waals surface area contributed by atoms with Crippen LogP contribution in [0.5, 0.6) is 5.75 Å². The fourth-order valence-electron chi connectivity index (χ4n) is 2.29. The molecule has 0 atom stereocenters. The van der Waals surface area contributed by atoms with Gasteiger partial charge in [0, 0.05) is 13.0 Å². The molecule has 6 nitrogen and oxygen atoms in total. The summed E-state index contributed by atoms with van der Waals surface area (Å²) < 4.78 is 7.65. The van der Waals surface area contributed by atoms with Gasteiger partial charge in [0.2, 0.25) is 0 Å². The topological polar surface area (TPSA) is 77.2 Å². The summed E-state index contributed by atoms with van der Waals surface area (Å²) in [7, 11) is 0. The number of aromatic nitrogens is 3. The first-order valence-electron chi connectivity index (χ1n) is 8.23. The number of aliphatic carboxylic acids is 1. The Hall–Kier alpha value is -2.28. The summed E-state index contributed by atoms with van der Waals surface area (Å²) in [5.74, 6) is 0.772. The Morgan fingerprint density at radius 3 is 2.76 bits per heavy atom. The van der Waals surface area contributed by atoms with Crippen LogP contribution < -0.4 is 4.74 Å². The van der Waals surface area contributed by atoms with Crippen LogP contribution in [0, 0.1) is 0 Å². The summed E-state index contributed by atoms with van der Waals surface area (Å²) in [6.07, 6.45) is 4.28. The van der Waals surface area contributed by atoms with Crippen molar-refractivity contribution < 1.29 is 14.6 Å². The summed E-state index contributed by atoms with van der Waals surface area (Å²) in [5.41, 5.74) is 1.29. The highest BCUT2D eigenvalue weighted by Gasteiger charge is 2.12. The first kappa shape index (κ1) is 19.1. The monoisotopic (exact) mass is 361 g/mol. The number of ether oxygens (including phenoxy) is 1. The molecule has 1 aromatic carbocycles. The normalized spacial score (nSPS) is 10.6. The number of aryl methyl sites for hydroxylation is 2. The second-order valence-corrected chi connectivity index (χ2v) is 6.37. The number of allylic oxidation sites excluding steroid dienone is 1. The van der Waals surface area contributed by atoms with Gasteiger partial charge in [-0.3, -0.25) is 4.79 Å². The van der Waals surface area contributed by atoms with Crippen LogP contribution in [0.25, 0.3) is 0 Å². The molecule has 0 aliphatic heterocycles. The van der Waals surface area contributed by atoms with E-state index < -0.39 is 5.97 Å². The number of hydrogen-bond donors (Lipinski definition) is 1. The predicted octanol–water partition coefficient (Wildman–Crippen LogP) is 3.21. The molecule has 0 spiro atoms. The lowest BCUT2D eigenvalue weighted by atomic mass is 10.2. The molecular weight excluding hydrogens is 338 g/mol. The number of rotatable bonds is 11. The van der Waals surface area contributed by atoms with Crippen LogP contribution in [0.15, 0.2) is 42.1 Å². The summed E-state index contributed by atoms with van der Waals surface area (Å²) in [6.45, 7) is 7.01. The van der Waals surface area contributed by atoms with Gasteiger partial charge in [0.1, 0.15) is 11.6 Å². The van der Waals surface area contributed by atoms with E-state index in [1.807, 2.05) is 16.7 Å². The van der Waals surface area contributed by atoms with Crippen molar-refractivity contribution in [2.24, 2.45) is 0 Å². The molecule has 2 aromatic rings. The lowest BCUT2D eigenvalue weighted by Gasteiger charge is -2.08. The van der Waals surface area contributed by atoms with E-state index in [2.05, 4.69) is 35.8 Å². The van der Waals surface area contributed by atoms with E-state index in [4.69, 9.17) is 9.84 Å². The standard InChI is InChI=1S/C18H23N3O3S/c1-3-11-21-16(19-20-18(21)25-13-17(22)23)6-5-12-24-15-9-7-14(4-2)8-10-15/h3,7-10H,1,4-6,11-13H2,2H3,(H,22,23). The van der Waals surface area contributed by atoms with Gasteiger partial charge in [-0.05, 0) is 30.5 Å². The Morgan fingerprint density at radius 1 is 1.36 bits per heavy atom. The van der Waals surface area contributed by atoms with Crippen LogP contribution in [-0.2, 0) is 24.2 Å². The number of carbonyl (C=O) groups is 1. The third-order valence-electron chi connectivity index (χ3n) is 3.57. The maximum Gasteiger partial charge on any atom is 0.313 e. The maximum absolute atomic E-state index is 10.7. The molecule has 25 heavy (non-hydrogen) atoms. The van der Waals surface area contributed by atoms with Gasteiger partial charge in [-0.1, -0.05) is 36.9 Å². The minimum atomic E-state index is -0.873. The highest BCUT2D eigenvalue weighted by Crippen LogP contribution is 2.18. The van der Waals surface area contributed by atoms with E-state index in [0.29, 0.717) is 24.7 Å². The Kier molecular flexibility index (Phi) is 7.53. The van der Waals surface area contributed by atoms with E-state index in [9.17, 15) is 4.79 Å². The first-order chi connectivity index (χ1) is 12.1. The number of hydrogen-bond acceptors (Lipinski definition) is 5. The zero-order valence-electron chi connectivity index (χ0n) is 14.4. The Balaban J connectivity index is 1.86. The van der Waals surface area contributed by atoms with Gasteiger partial charge in [0.15, 0.2) is 5.16 Å². The lowest BCUT2D eigenvalue weighted by Crippen LogP contribution is -2.07. The van der Waals surface area contributed by atoms with Crippen molar-refractivity contribution >= 4 is 17.7 Å². The number of carboxylic acid groups (broad SMARTS) is 1. The van der Waals surface area contributed by atoms with Gasteiger partial charge < -0.3 is 14.4 Å². The van der Waals surface area contributed by atoms with E-state index >= 15 is 0 Å². The van der Waals surface area contributed by atoms with Crippen LogP contribution >= 0.6 is 11.8 Å². The Morgan fingerprint density at radius 2 is 2.12 bits per heavy atom. The molecule has 1 heterocycles. The lowest BCUT2D eigenvalue weighted by molar-refractivity contribution is -0.133. The van der Waals surface area contributed by atoms with Gasteiger partial charge in [-0.15, -0.1) is 16.8 Å². The fraction of sp³-hybridized carbons (Fsp3) is 0.389. The van der Waals surface area contributed by atoms with Gasteiger partial charge in [0.05, 0.1) is 12.4 Å². The van der Waals surface area contributed by atoms with Crippen molar-refractivity contribution in [2.75, 3.05) is 12.4 Å². The molecule has 0 aliphatic rings. The molecule has 0 radical (unpaired) electrons. The summed E-state index contributed by atoms with van der Waals surface area (Å²) in [6, 6.07) is 8.11. The van der Waals surface area contributed by atoms with Crippen molar-refractivity contribution in [1.29, 1.82) is 0 Å². The van der Waals surface area contributed by atoms with Crippen molar-refractivity contribution in [3.63, 3.8) is 0 Å². The van der Waals surface area contributed by atoms with Crippen LogP contribution in [0.1, 0.15) is 24.7 Å². The molecule has 0 aliphatic carbocycles. The van der Waals surface area contributed by atoms with Crippen molar-refractivity contribution in [2.45, 2.75) is 37.9 Å². The summed E-state index contributed by atoms with van der Waals surface area (Å²) >= 11 is 1.17.